The van der Waals surface area contributed by atoms with Crippen LogP contribution in [-0.2, 0) is 11.3 Å². The van der Waals surface area contributed by atoms with E-state index in [2.05, 4.69) is 22.5 Å². The molecule has 0 radical (unpaired) electrons. The SMILES string of the molecule is CCOc1cc(CN2CCN[C@H](C)C2)ccc1OCC(=O)Nc1ccccc1. The van der Waals surface area contributed by atoms with Gasteiger partial charge in [0.15, 0.2) is 18.1 Å². The van der Waals surface area contributed by atoms with Gasteiger partial charge in [-0.3, -0.25) is 9.69 Å². The Balaban J connectivity index is 1.59. The van der Waals surface area contributed by atoms with E-state index in [9.17, 15) is 4.79 Å². The number of para-hydroxylation sites is 1. The third kappa shape index (κ3) is 5.97. The van der Waals surface area contributed by atoms with Crippen LogP contribution in [0.15, 0.2) is 48.5 Å². The van der Waals surface area contributed by atoms with Gasteiger partial charge >= 0.3 is 0 Å². The van der Waals surface area contributed by atoms with Crippen LogP contribution in [0.3, 0.4) is 0 Å². The molecule has 0 bridgehead atoms. The summed E-state index contributed by atoms with van der Waals surface area (Å²) in [6.45, 7) is 8.57. The molecule has 1 aliphatic heterocycles. The van der Waals surface area contributed by atoms with Gasteiger partial charge in [0.25, 0.3) is 5.91 Å². The summed E-state index contributed by atoms with van der Waals surface area (Å²) in [6, 6.07) is 15.8. The highest BCUT2D eigenvalue weighted by molar-refractivity contribution is 5.91. The first kappa shape index (κ1) is 20.2. The first-order valence-corrected chi connectivity index (χ1v) is 9.83. The van der Waals surface area contributed by atoms with E-state index < -0.39 is 0 Å². The molecule has 2 aromatic rings. The van der Waals surface area contributed by atoms with Crippen LogP contribution in [0.4, 0.5) is 5.69 Å². The molecule has 3 rings (SSSR count). The van der Waals surface area contributed by atoms with Gasteiger partial charge in [-0.1, -0.05) is 24.3 Å². The molecule has 0 unspecified atom stereocenters. The van der Waals surface area contributed by atoms with Gasteiger partial charge in [0, 0.05) is 37.9 Å². The average Bonchev–Trinajstić information content (AvgIpc) is 2.68. The fourth-order valence-electron chi connectivity index (χ4n) is 3.31. The number of carbonyl (C=O) groups is 1. The molecule has 1 amide bonds. The van der Waals surface area contributed by atoms with Gasteiger partial charge in [-0.25, -0.2) is 0 Å². The van der Waals surface area contributed by atoms with Crippen molar-refractivity contribution in [3.63, 3.8) is 0 Å². The van der Waals surface area contributed by atoms with Gasteiger partial charge in [-0.2, -0.15) is 0 Å². The average molecular weight is 383 g/mol. The van der Waals surface area contributed by atoms with E-state index in [1.165, 1.54) is 5.56 Å². The molecule has 0 aliphatic carbocycles. The highest BCUT2D eigenvalue weighted by Gasteiger charge is 2.17. The van der Waals surface area contributed by atoms with Crippen LogP contribution in [0.25, 0.3) is 0 Å². The lowest BCUT2D eigenvalue weighted by Crippen LogP contribution is -2.48. The summed E-state index contributed by atoms with van der Waals surface area (Å²) in [7, 11) is 0. The van der Waals surface area contributed by atoms with E-state index in [-0.39, 0.29) is 12.5 Å². The zero-order chi connectivity index (χ0) is 19.8. The van der Waals surface area contributed by atoms with E-state index in [4.69, 9.17) is 9.47 Å². The molecule has 6 nitrogen and oxygen atoms in total. The number of anilines is 1. The molecule has 1 fully saturated rings. The number of hydrogen-bond acceptors (Lipinski definition) is 5. The Morgan fingerprint density at radius 1 is 1.18 bits per heavy atom. The molecule has 1 atom stereocenters. The highest BCUT2D eigenvalue weighted by atomic mass is 16.5. The fraction of sp³-hybridized carbons (Fsp3) is 0.409. The van der Waals surface area contributed by atoms with Crippen LogP contribution in [-0.4, -0.2) is 49.7 Å². The van der Waals surface area contributed by atoms with Crippen molar-refractivity contribution in [3.8, 4) is 11.5 Å². The van der Waals surface area contributed by atoms with Gasteiger partial charge in [0.05, 0.1) is 6.61 Å². The molecule has 1 saturated heterocycles. The molecule has 0 aromatic heterocycles. The molecule has 1 aliphatic rings. The second-order valence-corrected chi connectivity index (χ2v) is 7.01. The van der Waals surface area contributed by atoms with E-state index in [1.807, 2.05) is 55.5 Å². The largest absolute Gasteiger partial charge is 0.490 e. The summed E-state index contributed by atoms with van der Waals surface area (Å²) in [5.41, 5.74) is 1.93. The second-order valence-electron chi connectivity index (χ2n) is 7.01. The molecule has 2 aromatic carbocycles. The number of ether oxygens (including phenoxy) is 2. The Bertz CT molecular complexity index is 767. The van der Waals surface area contributed by atoms with E-state index in [1.54, 1.807) is 0 Å². The van der Waals surface area contributed by atoms with Crippen LogP contribution in [0.2, 0.25) is 0 Å². The molecule has 150 valence electrons. The normalized spacial score (nSPS) is 17.1. The Kier molecular flexibility index (Phi) is 7.28. The molecular formula is C22H29N3O3. The number of nitrogens with one attached hydrogen (secondary N) is 2. The van der Waals surface area contributed by atoms with Crippen molar-refractivity contribution in [2.75, 3.05) is 38.2 Å². The Morgan fingerprint density at radius 3 is 2.75 bits per heavy atom. The Morgan fingerprint density at radius 2 is 2.00 bits per heavy atom. The number of hydrogen-bond donors (Lipinski definition) is 2. The highest BCUT2D eigenvalue weighted by Crippen LogP contribution is 2.29. The number of nitrogens with zero attached hydrogens (tertiary/aromatic N) is 1. The van der Waals surface area contributed by atoms with Gasteiger partial charge in [-0.15, -0.1) is 0 Å². The van der Waals surface area contributed by atoms with E-state index in [0.29, 0.717) is 24.1 Å². The van der Waals surface area contributed by atoms with Crippen molar-refractivity contribution >= 4 is 11.6 Å². The zero-order valence-corrected chi connectivity index (χ0v) is 16.6. The maximum absolute atomic E-state index is 12.1. The topological polar surface area (TPSA) is 62.8 Å². The van der Waals surface area contributed by atoms with Gasteiger partial charge in [0.1, 0.15) is 0 Å². The lowest BCUT2D eigenvalue weighted by molar-refractivity contribution is -0.118. The van der Waals surface area contributed by atoms with Gasteiger partial charge in [-0.05, 0) is 43.7 Å². The summed E-state index contributed by atoms with van der Waals surface area (Å²) >= 11 is 0. The second kappa shape index (κ2) is 10.1. The van der Waals surface area contributed by atoms with Crippen molar-refractivity contribution in [3.05, 3.63) is 54.1 Å². The number of carbonyl (C=O) groups excluding carboxylic acids is 1. The summed E-state index contributed by atoms with van der Waals surface area (Å²) in [4.78, 5) is 14.6. The number of amides is 1. The number of piperazine rings is 1. The van der Waals surface area contributed by atoms with Crippen LogP contribution < -0.4 is 20.1 Å². The molecular weight excluding hydrogens is 354 g/mol. The van der Waals surface area contributed by atoms with E-state index >= 15 is 0 Å². The van der Waals surface area contributed by atoms with Crippen LogP contribution in [0, 0.1) is 0 Å². The lowest BCUT2D eigenvalue weighted by atomic mass is 10.1. The predicted molar refractivity (Wildman–Crippen MR) is 111 cm³/mol. The minimum absolute atomic E-state index is 0.0658. The molecule has 6 heteroatoms. The van der Waals surface area contributed by atoms with Crippen LogP contribution >= 0.6 is 0 Å². The van der Waals surface area contributed by atoms with Crippen LogP contribution in [0.5, 0.6) is 11.5 Å². The maximum Gasteiger partial charge on any atom is 0.262 e. The fourth-order valence-corrected chi connectivity index (χ4v) is 3.31. The lowest BCUT2D eigenvalue weighted by Gasteiger charge is -2.31. The monoisotopic (exact) mass is 383 g/mol. The molecule has 28 heavy (non-hydrogen) atoms. The first-order valence-electron chi connectivity index (χ1n) is 9.83. The Hall–Kier alpha value is -2.57. The van der Waals surface area contributed by atoms with Crippen molar-refractivity contribution in [2.24, 2.45) is 0 Å². The predicted octanol–water partition coefficient (Wildman–Crippen LogP) is 2.90. The Labute approximate surface area is 166 Å². The zero-order valence-electron chi connectivity index (χ0n) is 16.6. The van der Waals surface area contributed by atoms with Gasteiger partial charge < -0.3 is 20.1 Å². The summed E-state index contributed by atoms with van der Waals surface area (Å²) in [5.74, 6) is 1.06. The maximum atomic E-state index is 12.1. The summed E-state index contributed by atoms with van der Waals surface area (Å²) in [5, 5.41) is 6.27. The van der Waals surface area contributed by atoms with Crippen molar-refractivity contribution < 1.29 is 14.3 Å². The molecule has 0 spiro atoms. The molecule has 2 N–H and O–H groups in total. The first-order chi connectivity index (χ1) is 13.6. The quantitative estimate of drug-likeness (QED) is 0.734. The summed E-state index contributed by atoms with van der Waals surface area (Å²) < 4.78 is 11.5. The van der Waals surface area contributed by atoms with E-state index in [0.717, 1.165) is 31.9 Å². The van der Waals surface area contributed by atoms with Gasteiger partial charge in [0.2, 0.25) is 0 Å². The third-order valence-electron chi connectivity index (χ3n) is 4.58. The third-order valence-corrected chi connectivity index (χ3v) is 4.58. The minimum Gasteiger partial charge on any atom is -0.490 e. The van der Waals surface area contributed by atoms with Crippen molar-refractivity contribution in [1.29, 1.82) is 0 Å². The molecule has 1 heterocycles. The number of rotatable bonds is 8. The standard InChI is InChI=1S/C22H29N3O3/c1-3-27-21-13-18(15-25-12-11-23-17(2)14-25)9-10-20(21)28-16-22(26)24-19-7-5-4-6-8-19/h4-10,13,17,23H,3,11-12,14-16H2,1-2H3,(H,24,26)/t17-/m1/s1. The minimum atomic E-state index is -0.201. The smallest absolute Gasteiger partial charge is 0.262 e. The van der Waals surface area contributed by atoms with Crippen LogP contribution in [0.1, 0.15) is 19.4 Å². The summed E-state index contributed by atoms with van der Waals surface area (Å²) in [6.07, 6.45) is 0. The van der Waals surface area contributed by atoms with Crippen molar-refractivity contribution in [1.82, 2.24) is 10.2 Å². The molecule has 0 saturated carbocycles. The number of benzene rings is 2. The van der Waals surface area contributed by atoms with Crippen molar-refractivity contribution in [2.45, 2.75) is 26.4 Å².